The Morgan fingerprint density at radius 1 is 0.375 bits per heavy atom. The van der Waals surface area contributed by atoms with Crippen LogP contribution >= 0.6 is 0 Å². The molecule has 1 heteroatoms. The molecule has 0 saturated carbocycles. The van der Waals surface area contributed by atoms with Crippen molar-refractivity contribution in [2.45, 2.75) is 255 Å². The maximum atomic E-state index is 3.63. The van der Waals surface area contributed by atoms with Gasteiger partial charge in [-0.25, -0.2) is 0 Å². The number of rotatable bonds is 10. The third-order valence-corrected chi connectivity index (χ3v) is 15.1. The molecule has 1 aliphatic rings. The number of hydrogen-bond donors (Lipinski definition) is 1. The molecule has 440 valence electrons. The molecular weight excluding hydrogens is 963 g/mol. The van der Waals surface area contributed by atoms with Gasteiger partial charge < -0.3 is 5.32 Å². The Bertz CT molecular complexity index is 2730. The summed E-state index contributed by atoms with van der Waals surface area (Å²) in [7, 11) is 0. The van der Waals surface area contributed by atoms with Crippen LogP contribution in [0.1, 0.15) is 247 Å². The van der Waals surface area contributed by atoms with Crippen molar-refractivity contribution in [1.29, 1.82) is 0 Å². The van der Waals surface area contributed by atoms with Gasteiger partial charge in [-0.15, -0.1) is 0 Å². The van der Waals surface area contributed by atoms with E-state index >= 15 is 0 Å². The summed E-state index contributed by atoms with van der Waals surface area (Å²) in [6.45, 7) is 66.3. The van der Waals surface area contributed by atoms with Crippen molar-refractivity contribution in [1.82, 2.24) is 0 Å². The summed E-state index contributed by atoms with van der Waals surface area (Å²) < 4.78 is 0. The van der Waals surface area contributed by atoms with Gasteiger partial charge in [0.1, 0.15) is 0 Å². The smallest absolute Gasteiger partial charge is 0.0414 e. The van der Waals surface area contributed by atoms with Gasteiger partial charge in [-0.3, -0.25) is 0 Å². The molecule has 0 fully saturated rings. The van der Waals surface area contributed by atoms with Gasteiger partial charge in [0.2, 0.25) is 0 Å². The zero-order valence-corrected chi connectivity index (χ0v) is 57.2. The summed E-state index contributed by atoms with van der Waals surface area (Å²) >= 11 is 0. The molecule has 5 aromatic rings. The molecule has 1 N–H and O–H groups in total. The van der Waals surface area contributed by atoms with Gasteiger partial charge in [0.05, 0.1) is 0 Å². The maximum Gasteiger partial charge on any atom is 0.0414 e. The fourth-order valence-corrected chi connectivity index (χ4v) is 12.0. The van der Waals surface area contributed by atoms with Crippen LogP contribution in [0.5, 0.6) is 0 Å². The lowest BCUT2D eigenvalue weighted by atomic mass is 9.72. The third-order valence-electron chi connectivity index (χ3n) is 15.1. The summed E-state index contributed by atoms with van der Waals surface area (Å²) in [5, 5.41) is 3.63. The van der Waals surface area contributed by atoms with E-state index in [1.807, 2.05) is 24.3 Å². The first-order chi connectivity index (χ1) is 36.2. The van der Waals surface area contributed by atoms with Crippen molar-refractivity contribution < 1.29 is 0 Å². The van der Waals surface area contributed by atoms with Crippen LogP contribution in [-0.2, 0) is 21.7 Å². The SMILES string of the molecule is CC(C)(C)C1=CCC#CC=C1.Cc1cc(C(C)(C)CC(C)(C)C)ccc1Nc1ccc(C(C)(C)CC(C)(C)C)cc1.Cc1ccc(C(C)(C)CC(C)(C)C)cc1C.Cc1ccc(C(C)(C)CC(C)(C)C)cc1C.Cc1ccccc1. The summed E-state index contributed by atoms with van der Waals surface area (Å²) in [6.07, 6.45) is 11.9. The molecule has 0 atom stereocenters. The Morgan fingerprint density at radius 3 is 1.05 bits per heavy atom. The monoisotopic (exact) mass is 1080 g/mol. The van der Waals surface area contributed by atoms with Gasteiger partial charge in [0.25, 0.3) is 0 Å². The predicted octanol–water partition coefficient (Wildman–Crippen LogP) is 24.1. The molecule has 0 amide bonds. The van der Waals surface area contributed by atoms with Crippen LogP contribution in [0, 0.1) is 80.5 Å². The lowest BCUT2D eigenvalue weighted by molar-refractivity contribution is 0.283. The Morgan fingerprint density at radius 2 is 0.725 bits per heavy atom. The second-order valence-electron chi connectivity index (χ2n) is 32.2. The molecule has 0 heterocycles. The van der Waals surface area contributed by atoms with Crippen LogP contribution in [0.4, 0.5) is 11.4 Å². The lowest BCUT2D eigenvalue weighted by Gasteiger charge is -2.33. The highest BCUT2D eigenvalue weighted by atomic mass is 14.9. The highest BCUT2D eigenvalue weighted by Gasteiger charge is 2.31. The first-order valence-corrected chi connectivity index (χ1v) is 30.2. The summed E-state index contributed by atoms with van der Waals surface area (Å²) in [5.74, 6) is 6.00. The third kappa shape index (κ3) is 26.7. The molecule has 0 unspecified atom stereocenters. The minimum Gasteiger partial charge on any atom is -0.355 e. The van der Waals surface area contributed by atoms with E-state index in [0.717, 1.165) is 24.9 Å². The van der Waals surface area contributed by atoms with Crippen LogP contribution in [0.2, 0.25) is 0 Å². The highest BCUT2D eigenvalue weighted by molar-refractivity contribution is 5.64. The average molecular weight is 1080 g/mol. The van der Waals surface area contributed by atoms with E-state index in [9.17, 15) is 0 Å². The standard InChI is InChI=1S/C29H45N.2C16H26.C11H14.C7H8/c1-21-18-23(29(10,11)20-27(5,6)7)14-17-25(21)30-24-15-12-22(13-16-24)28(8,9)19-26(2,3)4;2*1-12-8-9-14(10-13(12)2)16(6,7)11-15(3,4)5;1-11(2,3)10-8-6-4-5-7-9-10;1-7-5-3-2-4-6-7/h12-18,30H,19-20H2,1-11H3;2*8-10H,11H2,1-7H3;6,8-9H,7H2,1-3H3;2-6H,1H3. The molecule has 1 nitrogen and oxygen atoms in total. The van der Waals surface area contributed by atoms with Crippen molar-refractivity contribution >= 4 is 11.4 Å². The quantitative estimate of drug-likeness (QED) is 0.137. The summed E-state index contributed by atoms with van der Waals surface area (Å²) in [5.41, 5.74) is 20.2. The van der Waals surface area contributed by atoms with E-state index in [2.05, 4.69) is 321 Å². The number of benzene rings is 5. The van der Waals surface area contributed by atoms with Crippen molar-refractivity contribution in [2.24, 2.45) is 27.1 Å². The van der Waals surface area contributed by atoms with Crippen LogP contribution in [0.15, 0.2) is 133 Å². The molecule has 0 bridgehead atoms. The average Bonchev–Trinajstić information content (AvgIpc) is 3.58. The topological polar surface area (TPSA) is 12.0 Å². The van der Waals surface area contributed by atoms with Crippen molar-refractivity contribution in [2.75, 3.05) is 5.32 Å². The fourth-order valence-electron chi connectivity index (χ4n) is 12.0. The van der Waals surface area contributed by atoms with Crippen LogP contribution in [-0.4, -0.2) is 0 Å². The first kappa shape index (κ1) is 71.0. The van der Waals surface area contributed by atoms with Crippen molar-refractivity contribution in [3.63, 3.8) is 0 Å². The molecule has 0 spiro atoms. The number of anilines is 2. The zero-order valence-electron chi connectivity index (χ0n) is 57.2. The van der Waals surface area contributed by atoms with Gasteiger partial charge in [-0.1, -0.05) is 280 Å². The number of nitrogens with one attached hydrogen (secondary N) is 1. The second-order valence-corrected chi connectivity index (χ2v) is 32.2. The molecular formula is C79H119N. The number of aryl methyl sites for hydroxylation is 6. The normalized spacial score (nSPS) is 13.2. The second kappa shape index (κ2) is 28.8. The van der Waals surface area contributed by atoms with Gasteiger partial charge in [-0.05, 0) is 196 Å². The van der Waals surface area contributed by atoms with Crippen molar-refractivity contribution in [3.05, 3.63) is 189 Å². The molecule has 0 aromatic heterocycles. The predicted molar refractivity (Wildman–Crippen MR) is 361 cm³/mol. The highest BCUT2D eigenvalue weighted by Crippen LogP contribution is 2.41. The Hall–Kier alpha value is -5.06. The van der Waals surface area contributed by atoms with E-state index in [0.29, 0.717) is 21.7 Å². The maximum absolute atomic E-state index is 3.63. The molecule has 5 aromatic carbocycles. The number of allylic oxidation sites excluding steroid dienone is 4. The van der Waals surface area contributed by atoms with E-state index in [1.165, 1.54) is 79.7 Å². The van der Waals surface area contributed by atoms with E-state index in [-0.39, 0.29) is 27.1 Å². The van der Waals surface area contributed by atoms with Gasteiger partial charge in [0, 0.05) is 17.8 Å². The Kier molecular flexibility index (Phi) is 25.5. The van der Waals surface area contributed by atoms with Crippen LogP contribution < -0.4 is 5.32 Å². The van der Waals surface area contributed by atoms with Crippen molar-refractivity contribution in [3.8, 4) is 11.8 Å². The molecule has 0 saturated heterocycles. The Labute approximate surface area is 496 Å². The minimum absolute atomic E-state index is 0.168. The Balaban J connectivity index is 0.000000371. The molecule has 1 aliphatic carbocycles. The lowest BCUT2D eigenvalue weighted by Crippen LogP contribution is -2.25. The summed E-state index contributed by atoms with van der Waals surface area (Å²) in [4.78, 5) is 0. The van der Waals surface area contributed by atoms with Gasteiger partial charge in [-0.2, -0.15) is 0 Å². The van der Waals surface area contributed by atoms with Gasteiger partial charge in [0.15, 0.2) is 0 Å². The summed E-state index contributed by atoms with van der Waals surface area (Å²) in [6, 6.07) is 39.9. The largest absolute Gasteiger partial charge is 0.355 e. The first-order valence-electron chi connectivity index (χ1n) is 30.2. The van der Waals surface area contributed by atoms with E-state index in [1.54, 1.807) is 0 Å². The molecule has 80 heavy (non-hydrogen) atoms. The van der Waals surface area contributed by atoms with Crippen LogP contribution in [0.25, 0.3) is 0 Å². The fraction of sp³-hybridized carbons (Fsp3) is 0.544. The number of hydrogen-bond acceptors (Lipinski definition) is 1. The zero-order chi connectivity index (χ0) is 61.5. The van der Waals surface area contributed by atoms with E-state index in [4.69, 9.17) is 0 Å². The van der Waals surface area contributed by atoms with Gasteiger partial charge >= 0.3 is 0 Å². The molecule has 6 rings (SSSR count). The molecule has 0 aliphatic heterocycles. The molecule has 0 radical (unpaired) electrons. The minimum atomic E-state index is 0.168. The van der Waals surface area contributed by atoms with Crippen LogP contribution in [0.3, 0.4) is 0 Å². The van der Waals surface area contributed by atoms with E-state index < -0.39 is 0 Å².